The molecule has 0 bridgehead atoms. The molecule has 0 unspecified atom stereocenters. The van der Waals surface area contributed by atoms with Crippen molar-refractivity contribution in [3.63, 3.8) is 0 Å². The van der Waals surface area contributed by atoms with Crippen LogP contribution in [0.4, 0.5) is 10.1 Å². The number of hydrogen-bond acceptors (Lipinski definition) is 2. The molecule has 0 spiro atoms. The number of hydrogen-bond donors (Lipinski definition) is 1. The Kier molecular flexibility index (Phi) is 3.44. The Morgan fingerprint density at radius 2 is 2.19 bits per heavy atom. The smallest absolute Gasteiger partial charge is 0.123 e. The van der Waals surface area contributed by atoms with Gasteiger partial charge in [-0.1, -0.05) is 0 Å². The highest BCUT2D eigenvalue weighted by Crippen LogP contribution is 2.32. The maximum Gasteiger partial charge on any atom is 0.123 e. The Hall–Kier alpha value is -1.09. The quantitative estimate of drug-likeness (QED) is 0.829. The molecule has 16 heavy (non-hydrogen) atoms. The van der Waals surface area contributed by atoms with E-state index in [0.29, 0.717) is 6.54 Å². The van der Waals surface area contributed by atoms with Crippen LogP contribution < -0.4 is 10.6 Å². The number of halogens is 1. The van der Waals surface area contributed by atoms with Crippen molar-refractivity contribution in [1.82, 2.24) is 0 Å². The van der Waals surface area contributed by atoms with Gasteiger partial charge in [0, 0.05) is 25.3 Å². The first-order chi connectivity index (χ1) is 7.74. The Morgan fingerprint density at radius 1 is 1.44 bits per heavy atom. The Bertz CT molecular complexity index is 361. The lowest BCUT2D eigenvalue weighted by molar-refractivity contribution is 0.624. The predicted octanol–water partition coefficient (Wildman–Crippen LogP) is 2.52. The fourth-order valence-electron chi connectivity index (χ4n) is 2.04. The maximum atomic E-state index is 13.1. The molecule has 0 aromatic heterocycles. The third-order valence-corrected chi connectivity index (χ3v) is 3.16. The normalized spacial score (nSPS) is 15.2. The number of benzene rings is 1. The number of nitrogens with two attached hydrogens (primary N) is 1. The molecular formula is C13H19FN2. The van der Waals surface area contributed by atoms with Gasteiger partial charge in [-0.05, 0) is 49.4 Å². The molecule has 1 aromatic rings. The summed E-state index contributed by atoms with van der Waals surface area (Å²) in [7, 11) is 0. The van der Waals surface area contributed by atoms with E-state index in [0.717, 1.165) is 30.3 Å². The second-order valence-electron chi connectivity index (χ2n) is 4.46. The van der Waals surface area contributed by atoms with E-state index in [-0.39, 0.29) is 5.82 Å². The zero-order chi connectivity index (χ0) is 11.5. The molecule has 3 heteroatoms. The molecule has 0 atom stereocenters. The summed E-state index contributed by atoms with van der Waals surface area (Å²) in [6.45, 7) is 4.56. The fraction of sp³-hybridized carbons (Fsp3) is 0.538. The molecule has 88 valence electrons. The topological polar surface area (TPSA) is 29.3 Å². The molecule has 2 nitrogen and oxygen atoms in total. The van der Waals surface area contributed by atoms with E-state index in [9.17, 15) is 4.39 Å². The first kappa shape index (κ1) is 11.4. The highest BCUT2D eigenvalue weighted by Gasteiger charge is 2.24. The van der Waals surface area contributed by atoms with Crippen molar-refractivity contribution < 1.29 is 4.39 Å². The molecular weight excluding hydrogens is 203 g/mol. The highest BCUT2D eigenvalue weighted by molar-refractivity contribution is 5.54. The second kappa shape index (κ2) is 4.83. The van der Waals surface area contributed by atoms with Crippen molar-refractivity contribution in [3.05, 3.63) is 29.6 Å². The minimum absolute atomic E-state index is 0.202. The lowest BCUT2D eigenvalue weighted by atomic mass is 10.1. The van der Waals surface area contributed by atoms with Crippen LogP contribution in [0.25, 0.3) is 0 Å². The first-order valence-electron chi connectivity index (χ1n) is 5.98. The largest absolute Gasteiger partial charge is 0.371 e. The van der Waals surface area contributed by atoms with Crippen LogP contribution in [0.5, 0.6) is 0 Å². The average molecular weight is 222 g/mol. The van der Waals surface area contributed by atoms with Crippen LogP contribution in [0.15, 0.2) is 18.2 Å². The summed E-state index contributed by atoms with van der Waals surface area (Å²) >= 11 is 0. The van der Waals surface area contributed by atoms with E-state index < -0.39 is 0 Å². The zero-order valence-electron chi connectivity index (χ0n) is 9.75. The van der Waals surface area contributed by atoms with Crippen LogP contribution in [-0.2, 0) is 6.54 Å². The van der Waals surface area contributed by atoms with Gasteiger partial charge in [-0.25, -0.2) is 4.39 Å². The van der Waals surface area contributed by atoms with Crippen LogP contribution in [-0.4, -0.2) is 13.1 Å². The van der Waals surface area contributed by atoms with E-state index in [4.69, 9.17) is 5.73 Å². The lowest BCUT2D eigenvalue weighted by Gasteiger charge is -2.25. The number of rotatable bonds is 5. The van der Waals surface area contributed by atoms with Crippen LogP contribution >= 0.6 is 0 Å². The molecule has 1 aromatic carbocycles. The zero-order valence-corrected chi connectivity index (χ0v) is 9.75. The van der Waals surface area contributed by atoms with Gasteiger partial charge in [-0.2, -0.15) is 0 Å². The third-order valence-electron chi connectivity index (χ3n) is 3.16. The summed E-state index contributed by atoms with van der Waals surface area (Å²) < 4.78 is 13.1. The van der Waals surface area contributed by atoms with Crippen molar-refractivity contribution >= 4 is 5.69 Å². The summed E-state index contributed by atoms with van der Waals surface area (Å²) in [6.07, 6.45) is 2.66. The molecule has 0 amide bonds. The molecule has 1 saturated carbocycles. The van der Waals surface area contributed by atoms with Crippen LogP contribution in [0.3, 0.4) is 0 Å². The van der Waals surface area contributed by atoms with Crippen LogP contribution in [0.1, 0.15) is 25.3 Å². The molecule has 2 rings (SSSR count). The molecule has 2 N–H and O–H groups in total. The SMILES string of the molecule is CCN(CC1CC1)c1ccc(F)cc1CN. The summed E-state index contributed by atoms with van der Waals surface area (Å²) in [5.74, 6) is 0.627. The lowest BCUT2D eigenvalue weighted by Crippen LogP contribution is -2.26. The van der Waals surface area contributed by atoms with Crippen LogP contribution in [0.2, 0.25) is 0 Å². The molecule has 0 heterocycles. The van der Waals surface area contributed by atoms with Crippen molar-refractivity contribution in [2.24, 2.45) is 11.7 Å². The fourth-order valence-corrected chi connectivity index (χ4v) is 2.04. The maximum absolute atomic E-state index is 13.1. The van der Waals surface area contributed by atoms with Gasteiger partial charge < -0.3 is 10.6 Å². The van der Waals surface area contributed by atoms with E-state index in [1.54, 1.807) is 6.07 Å². The van der Waals surface area contributed by atoms with Gasteiger partial charge in [0.25, 0.3) is 0 Å². The monoisotopic (exact) mass is 222 g/mol. The van der Waals surface area contributed by atoms with Gasteiger partial charge in [-0.3, -0.25) is 0 Å². The average Bonchev–Trinajstić information content (AvgIpc) is 3.10. The van der Waals surface area contributed by atoms with Crippen molar-refractivity contribution in [3.8, 4) is 0 Å². The predicted molar refractivity (Wildman–Crippen MR) is 64.9 cm³/mol. The second-order valence-corrected chi connectivity index (χ2v) is 4.46. The Balaban J connectivity index is 2.21. The van der Waals surface area contributed by atoms with Crippen LogP contribution in [0, 0.1) is 11.7 Å². The molecule has 1 aliphatic carbocycles. The van der Waals surface area contributed by atoms with E-state index >= 15 is 0 Å². The summed E-state index contributed by atoms with van der Waals surface area (Å²) in [5.41, 5.74) is 7.67. The molecule has 0 radical (unpaired) electrons. The van der Waals surface area contributed by atoms with E-state index in [1.807, 2.05) is 6.07 Å². The van der Waals surface area contributed by atoms with Gasteiger partial charge >= 0.3 is 0 Å². The van der Waals surface area contributed by atoms with Gasteiger partial charge in [0.1, 0.15) is 5.82 Å². The van der Waals surface area contributed by atoms with Crippen molar-refractivity contribution in [2.75, 3.05) is 18.0 Å². The van der Waals surface area contributed by atoms with E-state index in [2.05, 4.69) is 11.8 Å². The Morgan fingerprint density at radius 3 is 2.75 bits per heavy atom. The minimum Gasteiger partial charge on any atom is -0.371 e. The Labute approximate surface area is 96.2 Å². The minimum atomic E-state index is -0.202. The van der Waals surface area contributed by atoms with Crippen molar-refractivity contribution in [1.29, 1.82) is 0 Å². The first-order valence-corrected chi connectivity index (χ1v) is 5.98. The number of anilines is 1. The summed E-state index contributed by atoms with van der Waals surface area (Å²) in [4.78, 5) is 2.30. The number of nitrogens with zero attached hydrogens (tertiary/aromatic N) is 1. The summed E-state index contributed by atoms with van der Waals surface area (Å²) in [6, 6.07) is 4.92. The van der Waals surface area contributed by atoms with Crippen molar-refractivity contribution in [2.45, 2.75) is 26.3 Å². The highest BCUT2D eigenvalue weighted by atomic mass is 19.1. The third kappa shape index (κ3) is 2.53. The molecule has 1 fully saturated rings. The molecule has 0 saturated heterocycles. The van der Waals surface area contributed by atoms with Gasteiger partial charge in [0.15, 0.2) is 0 Å². The van der Waals surface area contributed by atoms with Gasteiger partial charge in [-0.15, -0.1) is 0 Å². The van der Waals surface area contributed by atoms with Gasteiger partial charge in [0.2, 0.25) is 0 Å². The molecule has 0 aliphatic heterocycles. The van der Waals surface area contributed by atoms with E-state index in [1.165, 1.54) is 18.9 Å². The van der Waals surface area contributed by atoms with Gasteiger partial charge in [0.05, 0.1) is 0 Å². The molecule has 1 aliphatic rings. The summed E-state index contributed by atoms with van der Waals surface area (Å²) in [5, 5.41) is 0. The standard InChI is InChI=1S/C13H19FN2/c1-2-16(9-10-3-4-10)13-6-5-12(14)7-11(13)8-15/h5-7,10H,2-4,8-9,15H2,1H3.